The summed E-state index contributed by atoms with van der Waals surface area (Å²) in [6.07, 6.45) is 0.0158. The highest BCUT2D eigenvalue weighted by Gasteiger charge is 2.46. The molecule has 7 heteroatoms. The lowest BCUT2D eigenvalue weighted by atomic mass is 9.95. The van der Waals surface area contributed by atoms with Crippen LogP contribution in [0.2, 0.25) is 0 Å². The third-order valence-corrected chi connectivity index (χ3v) is 6.24. The Bertz CT molecular complexity index is 1160. The fraction of sp³-hybridized carbons (Fsp3) is 0.231. The first-order valence-corrected chi connectivity index (χ1v) is 11.5. The summed E-state index contributed by atoms with van der Waals surface area (Å²) in [5.74, 6) is -0.224. The summed E-state index contributed by atoms with van der Waals surface area (Å²) in [6.45, 7) is 4.13. The number of methoxy groups -OCH3 is 1. The van der Waals surface area contributed by atoms with Gasteiger partial charge in [-0.15, -0.1) is 11.3 Å². The first-order valence-electron chi connectivity index (χ1n) is 10.6. The minimum Gasteiger partial charge on any atom is -0.507 e. The highest BCUT2D eigenvalue weighted by atomic mass is 32.1. The molecule has 1 aliphatic rings. The first-order chi connectivity index (χ1) is 15.9. The number of carbonyl (C=O) groups is 2. The van der Waals surface area contributed by atoms with Crippen LogP contribution >= 0.6 is 11.3 Å². The Morgan fingerprint density at radius 2 is 1.70 bits per heavy atom. The predicted octanol–water partition coefficient (Wildman–Crippen LogP) is 5.17. The van der Waals surface area contributed by atoms with Crippen LogP contribution in [0.3, 0.4) is 0 Å². The number of thiophene rings is 1. The van der Waals surface area contributed by atoms with E-state index in [0.29, 0.717) is 22.6 Å². The van der Waals surface area contributed by atoms with E-state index in [0.717, 1.165) is 4.88 Å². The number of hydrogen-bond acceptors (Lipinski definition) is 6. The van der Waals surface area contributed by atoms with Gasteiger partial charge in [0.15, 0.2) is 0 Å². The lowest BCUT2D eigenvalue weighted by Crippen LogP contribution is -2.28. The van der Waals surface area contributed by atoms with E-state index in [-0.39, 0.29) is 24.0 Å². The molecular weight excluding hydrogens is 438 g/mol. The average molecular weight is 464 g/mol. The molecule has 1 saturated heterocycles. The molecule has 0 saturated carbocycles. The van der Waals surface area contributed by atoms with Crippen molar-refractivity contribution in [2.24, 2.45) is 0 Å². The topological polar surface area (TPSA) is 76.1 Å². The Balaban J connectivity index is 1.79. The second-order valence-corrected chi connectivity index (χ2v) is 9.00. The molecule has 33 heavy (non-hydrogen) atoms. The van der Waals surface area contributed by atoms with Crippen LogP contribution < -0.4 is 9.47 Å². The Kier molecular flexibility index (Phi) is 6.51. The van der Waals surface area contributed by atoms with Crippen molar-refractivity contribution in [1.82, 2.24) is 4.90 Å². The van der Waals surface area contributed by atoms with E-state index < -0.39 is 17.7 Å². The van der Waals surface area contributed by atoms with Gasteiger partial charge in [0.05, 0.1) is 31.4 Å². The van der Waals surface area contributed by atoms with Gasteiger partial charge in [0.2, 0.25) is 0 Å². The van der Waals surface area contributed by atoms with Gasteiger partial charge in [-0.3, -0.25) is 9.59 Å². The number of amides is 1. The number of aliphatic hydroxyl groups is 1. The Morgan fingerprint density at radius 1 is 1.03 bits per heavy atom. The number of nitrogens with zero attached hydrogens (tertiary/aromatic N) is 1. The number of ether oxygens (including phenoxy) is 2. The number of carbonyl (C=O) groups excluding carboxylic acids is 2. The molecule has 3 aromatic rings. The third kappa shape index (κ3) is 4.64. The molecule has 1 amide bonds. The van der Waals surface area contributed by atoms with Crippen LogP contribution in [0.1, 0.15) is 35.9 Å². The Morgan fingerprint density at radius 3 is 2.27 bits per heavy atom. The lowest BCUT2D eigenvalue weighted by Gasteiger charge is -2.25. The van der Waals surface area contributed by atoms with Crippen LogP contribution in [-0.4, -0.2) is 34.9 Å². The number of benzene rings is 2. The maximum atomic E-state index is 13.1. The number of Topliss-reactive ketones (excluding diaryl/α,β-unsaturated/α-hetero) is 1. The number of rotatable bonds is 7. The number of aliphatic hydroxyl groups excluding tert-OH is 1. The molecule has 0 bridgehead atoms. The van der Waals surface area contributed by atoms with Gasteiger partial charge in [-0.05, 0) is 67.3 Å². The van der Waals surface area contributed by atoms with Crippen LogP contribution in [0.4, 0.5) is 0 Å². The smallest absolute Gasteiger partial charge is 0.295 e. The minimum absolute atomic E-state index is 0.0158. The van der Waals surface area contributed by atoms with Crippen molar-refractivity contribution in [2.75, 3.05) is 7.11 Å². The van der Waals surface area contributed by atoms with Crippen molar-refractivity contribution in [3.63, 3.8) is 0 Å². The summed E-state index contributed by atoms with van der Waals surface area (Å²) >= 11 is 1.51. The van der Waals surface area contributed by atoms with Gasteiger partial charge in [0.1, 0.15) is 17.3 Å². The van der Waals surface area contributed by atoms with Crippen LogP contribution in [0.5, 0.6) is 11.5 Å². The molecule has 1 aromatic heterocycles. The second kappa shape index (κ2) is 9.50. The van der Waals surface area contributed by atoms with Crippen LogP contribution in [0.25, 0.3) is 5.76 Å². The van der Waals surface area contributed by atoms with E-state index >= 15 is 0 Å². The Hall–Kier alpha value is -3.58. The van der Waals surface area contributed by atoms with Gasteiger partial charge in [-0.1, -0.05) is 18.2 Å². The number of ketones is 1. The van der Waals surface area contributed by atoms with Crippen LogP contribution in [0, 0.1) is 0 Å². The van der Waals surface area contributed by atoms with E-state index in [1.54, 1.807) is 43.5 Å². The summed E-state index contributed by atoms with van der Waals surface area (Å²) in [5.41, 5.74) is 1.23. The Labute approximate surface area is 196 Å². The zero-order chi connectivity index (χ0) is 23.5. The molecule has 0 aliphatic carbocycles. The fourth-order valence-electron chi connectivity index (χ4n) is 3.87. The van der Waals surface area contributed by atoms with E-state index in [1.807, 2.05) is 43.5 Å². The maximum absolute atomic E-state index is 13.1. The lowest BCUT2D eigenvalue weighted by molar-refractivity contribution is -0.140. The van der Waals surface area contributed by atoms with E-state index in [1.165, 1.54) is 16.2 Å². The first kappa shape index (κ1) is 22.6. The van der Waals surface area contributed by atoms with Crippen molar-refractivity contribution in [1.29, 1.82) is 0 Å². The molecule has 0 radical (unpaired) electrons. The molecular formula is C26H25NO5S. The van der Waals surface area contributed by atoms with Gasteiger partial charge in [-0.25, -0.2) is 0 Å². The largest absolute Gasteiger partial charge is 0.507 e. The zero-order valence-corrected chi connectivity index (χ0v) is 19.5. The van der Waals surface area contributed by atoms with Crippen molar-refractivity contribution >= 4 is 28.8 Å². The van der Waals surface area contributed by atoms with Crippen molar-refractivity contribution < 1.29 is 24.2 Å². The SMILES string of the molecule is COc1ccc(C2/C(=C(/O)c3ccc(OC(C)C)cc3)C(=O)C(=O)N2Cc2cccs2)cc1. The molecule has 0 spiro atoms. The van der Waals surface area contributed by atoms with Gasteiger partial charge in [0, 0.05) is 10.4 Å². The summed E-state index contributed by atoms with van der Waals surface area (Å²) in [5, 5.41) is 13.1. The summed E-state index contributed by atoms with van der Waals surface area (Å²) in [6, 6.07) is 17.1. The number of hydrogen-bond donors (Lipinski definition) is 1. The van der Waals surface area contributed by atoms with E-state index in [4.69, 9.17) is 9.47 Å². The molecule has 1 atom stereocenters. The molecule has 6 nitrogen and oxygen atoms in total. The molecule has 2 aromatic carbocycles. The molecule has 1 aliphatic heterocycles. The summed E-state index contributed by atoms with van der Waals surface area (Å²) < 4.78 is 10.9. The average Bonchev–Trinajstić information content (AvgIpc) is 3.41. The molecule has 170 valence electrons. The van der Waals surface area contributed by atoms with Gasteiger partial charge < -0.3 is 19.5 Å². The van der Waals surface area contributed by atoms with Crippen molar-refractivity contribution in [2.45, 2.75) is 32.5 Å². The highest BCUT2D eigenvalue weighted by Crippen LogP contribution is 2.41. The predicted molar refractivity (Wildman–Crippen MR) is 127 cm³/mol. The van der Waals surface area contributed by atoms with E-state index in [9.17, 15) is 14.7 Å². The van der Waals surface area contributed by atoms with E-state index in [2.05, 4.69) is 0 Å². The zero-order valence-electron chi connectivity index (χ0n) is 18.6. The molecule has 1 unspecified atom stereocenters. The third-order valence-electron chi connectivity index (χ3n) is 5.38. The summed E-state index contributed by atoms with van der Waals surface area (Å²) in [7, 11) is 1.57. The molecule has 4 rings (SSSR count). The van der Waals surface area contributed by atoms with Crippen LogP contribution in [0.15, 0.2) is 71.6 Å². The highest BCUT2D eigenvalue weighted by molar-refractivity contribution is 7.09. The normalized spacial score (nSPS) is 17.6. The monoisotopic (exact) mass is 463 g/mol. The molecule has 1 N–H and O–H groups in total. The molecule has 2 heterocycles. The van der Waals surface area contributed by atoms with Gasteiger partial charge >= 0.3 is 0 Å². The summed E-state index contributed by atoms with van der Waals surface area (Å²) in [4.78, 5) is 28.6. The van der Waals surface area contributed by atoms with Gasteiger partial charge in [-0.2, -0.15) is 0 Å². The van der Waals surface area contributed by atoms with Gasteiger partial charge in [0.25, 0.3) is 11.7 Å². The standard InChI is InChI=1S/C26H25NO5S/c1-16(2)32-20-12-8-18(9-13-20)24(28)22-23(17-6-10-19(31-3)11-7-17)27(26(30)25(22)29)15-21-5-4-14-33-21/h4-14,16,23,28H,15H2,1-3H3/b24-22-. The fourth-order valence-corrected chi connectivity index (χ4v) is 4.57. The molecule has 1 fully saturated rings. The van der Waals surface area contributed by atoms with Crippen molar-refractivity contribution in [3.8, 4) is 11.5 Å². The van der Waals surface area contributed by atoms with Crippen LogP contribution in [-0.2, 0) is 16.1 Å². The second-order valence-electron chi connectivity index (χ2n) is 7.97. The minimum atomic E-state index is -0.718. The quantitative estimate of drug-likeness (QED) is 0.297. The number of likely N-dealkylation sites (tertiary alicyclic amines) is 1. The van der Waals surface area contributed by atoms with Crippen molar-refractivity contribution in [3.05, 3.63) is 87.6 Å². The maximum Gasteiger partial charge on any atom is 0.295 e.